The minimum absolute atomic E-state index is 0.345. The number of hydrogen-bond donors (Lipinski definition) is 1. The van der Waals surface area contributed by atoms with E-state index in [4.69, 9.17) is 5.11 Å². The maximum absolute atomic E-state index is 8.70. The molecule has 0 atom stereocenters. The lowest BCUT2D eigenvalue weighted by molar-refractivity contribution is 0.287. The van der Waals surface area contributed by atoms with E-state index >= 15 is 0 Å². The Kier molecular flexibility index (Phi) is 5.09. The molecule has 1 aliphatic rings. The Morgan fingerprint density at radius 1 is 1.17 bits per heavy atom. The lowest BCUT2D eigenvalue weighted by Crippen LogP contribution is -1.92. The lowest BCUT2D eigenvalue weighted by Gasteiger charge is -2.10. The molecule has 1 nitrogen and oxygen atoms in total. The molecular formula is C11H20O. The summed E-state index contributed by atoms with van der Waals surface area (Å²) in [6.07, 6.45) is 12.5. The van der Waals surface area contributed by atoms with E-state index in [0.717, 1.165) is 12.8 Å². The molecule has 0 aromatic rings. The molecule has 0 heterocycles. The first-order valence-corrected chi connectivity index (χ1v) is 5.22. The lowest BCUT2D eigenvalue weighted by atomic mass is 9.97. The summed E-state index contributed by atoms with van der Waals surface area (Å²) in [5.41, 5.74) is 1.59. The van der Waals surface area contributed by atoms with E-state index in [1.165, 1.54) is 38.5 Å². The van der Waals surface area contributed by atoms with Crippen molar-refractivity contribution in [1.82, 2.24) is 0 Å². The van der Waals surface area contributed by atoms with E-state index in [1.807, 2.05) is 0 Å². The Morgan fingerprint density at radius 3 is 2.83 bits per heavy atom. The fourth-order valence-corrected chi connectivity index (χ4v) is 1.79. The van der Waals surface area contributed by atoms with Gasteiger partial charge in [-0.05, 0) is 38.5 Å². The fraction of sp³-hybridized carbons (Fsp3) is 0.818. The maximum Gasteiger partial charge on any atom is 0.0434 e. The third-order valence-electron chi connectivity index (χ3n) is 2.54. The summed E-state index contributed by atoms with van der Waals surface area (Å²) >= 11 is 0. The van der Waals surface area contributed by atoms with Crippen molar-refractivity contribution in [2.75, 3.05) is 6.61 Å². The predicted molar refractivity (Wildman–Crippen MR) is 52.1 cm³/mol. The topological polar surface area (TPSA) is 20.2 Å². The van der Waals surface area contributed by atoms with E-state index in [2.05, 4.69) is 6.08 Å². The monoisotopic (exact) mass is 168 g/mol. The fourth-order valence-electron chi connectivity index (χ4n) is 1.79. The van der Waals surface area contributed by atoms with Crippen LogP contribution in [0.2, 0.25) is 0 Å². The zero-order valence-corrected chi connectivity index (χ0v) is 7.89. The van der Waals surface area contributed by atoms with Gasteiger partial charge in [-0.2, -0.15) is 0 Å². The maximum atomic E-state index is 8.70. The van der Waals surface area contributed by atoms with Crippen LogP contribution in [0.1, 0.15) is 51.4 Å². The van der Waals surface area contributed by atoms with Crippen molar-refractivity contribution in [2.24, 2.45) is 0 Å². The molecule has 0 aromatic heterocycles. The molecule has 0 fully saturated rings. The van der Waals surface area contributed by atoms with Gasteiger partial charge in [0, 0.05) is 6.61 Å². The molecule has 0 bridgehead atoms. The Balaban J connectivity index is 2.26. The van der Waals surface area contributed by atoms with E-state index in [-0.39, 0.29) is 0 Å². The van der Waals surface area contributed by atoms with E-state index in [0.29, 0.717) is 6.61 Å². The van der Waals surface area contributed by atoms with Crippen LogP contribution in [0.5, 0.6) is 0 Å². The minimum Gasteiger partial charge on any atom is -0.396 e. The van der Waals surface area contributed by atoms with Crippen LogP contribution in [0.3, 0.4) is 0 Å². The van der Waals surface area contributed by atoms with Gasteiger partial charge in [-0.25, -0.2) is 0 Å². The van der Waals surface area contributed by atoms with Crippen molar-refractivity contribution >= 4 is 0 Å². The van der Waals surface area contributed by atoms with Gasteiger partial charge in [0.15, 0.2) is 0 Å². The Bertz CT molecular complexity index is 138. The van der Waals surface area contributed by atoms with Gasteiger partial charge >= 0.3 is 0 Å². The molecule has 1 heteroatoms. The molecule has 0 aliphatic heterocycles. The van der Waals surface area contributed by atoms with Crippen LogP contribution in [0.15, 0.2) is 11.6 Å². The molecule has 1 aliphatic carbocycles. The normalized spacial score (nSPS) is 23.9. The van der Waals surface area contributed by atoms with Crippen LogP contribution < -0.4 is 0 Å². The second-order valence-electron chi connectivity index (χ2n) is 3.64. The summed E-state index contributed by atoms with van der Waals surface area (Å²) in [4.78, 5) is 0. The number of rotatable bonds is 3. The molecule has 1 N–H and O–H groups in total. The summed E-state index contributed by atoms with van der Waals surface area (Å²) < 4.78 is 0. The molecule has 0 saturated carbocycles. The van der Waals surface area contributed by atoms with Crippen molar-refractivity contribution in [1.29, 1.82) is 0 Å². The first-order valence-electron chi connectivity index (χ1n) is 5.22. The molecule has 1 rings (SSSR count). The highest BCUT2D eigenvalue weighted by atomic mass is 16.2. The summed E-state index contributed by atoms with van der Waals surface area (Å²) in [7, 11) is 0. The average molecular weight is 168 g/mol. The van der Waals surface area contributed by atoms with E-state index in [1.54, 1.807) is 5.57 Å². The molecule has 0 spiro atoms. The van der Waals surface area contributed by atoms with Crippen LogP contribution in [0, 0.1) is 0 Å². The average Bonchev–Trinajstić information content (AvgIpc) is 2.02. The summed E-state index contributed by atoms with van der Waals surface area (Å²) in [5, 5.41) is 8.70. The van der Waals surface area contributed by atoms with Crippen molar-refractivity contribution in [3.8, 4) is 0 Å². The Hall–Kier alpha value is -0.300. The van der Waals surface area contributed by atoms with Crippen LogP contribution in [0.25, 0.3) is 0 Å². The smallest absolute Gasteiger partial charge is 0.0434 e. The number of aliphatic hydroxyl groups is 1. The molecule has 0 amide bonds. The van der Waals surface area contributed by atoms with Gasteiger partial charge in [-0.1, -0.05) is 24.5 Å². The van der Waals surface area contributed by atoms with Gasteiger partial charge in [0.1, 0.15) is 0 Å². The van der Waals surface area contributed by atoms with Crippen LogP contribution in [-0.2, 0) is 0 Å². The standard InChI is InChI=1S/C11H20O/c12-10-6-9-11-7-4-2-1-3-5-8-11/h7,12H,1-6,8-10H2/b11-7+. The highest BCUT2D eigenvalue weighted by Gasteiger charge is 2.00. The summed E-state index contributed by atoms with van der Waals surface area (Å²) in [6.45, 7) is 0.345. The number of aliphatic hydroxyl groups excluding tert-OH is 1. The van der Waals surface area contributed by atoms with Gasteiger partial charge in [0.25, 0.3) is 0 Å². The highest BCUT2D eigenvalue weighted by molar-refractivity contribution is 5.02. The molecule has 70 valence electrons. The van der Waals surface area contributed by atoms with Crippen molar-refractivity contribution < 1.29 is 5.11 Å². The second kappa shape index (κ2) is 6.24. The van der Waals surface area contributed by atoms with Gasteiger partial charge in [0.2, 0.25) is 0 Å². The van der Waals surface area contributed by atoms with Crippen molar-refractivity contribution in [2.45, 2.75) is 51.4 Å². The van der Waals surface area contributed by atoms with Crippen LogP contribution >= 0.6 is 0 Å². The second-order valence-corrected chi connectivity index (χ2v) is 3.64. The third kappa shape index (κ3) is 3.91. The molecule has 0 saturated heterocycles. The van der Waals surface area contributed by atoms with Gasteiger partial charge in [0.05, 0.1) is 0 Å². The van der Waals surface area contributed by atoms with Gasteiger partial charge < -0.3 is 5.11 Å². The van der Waals surface area contributed by atoms with Gasteiger partial charge in [-0.3, -0.25) is 0 Å². The molecule has 12 heavy (non-hydrogen) atoms. The summed E-state index contributed by atoms with van der Waals surface area (Å²) in [5.74, 6) is 0. The van der Waals surface area contributed by atoms with Crippen molar-refractivity contribution in [3.05, 3.63) is 11.6 Å². The zero-order valence-electron chi connectivity index (χ0n) is 7.89. The minimum atomic E-state index is 0.345. The predicted octanol–water partition coefficient (Wildman–Crippen LogP) is 3.04. The van der Waals surface area contributed by atoms with E-state index in [9.17, 15) is 0 Å². The summed E-state index contributed by atoms with van der Waals surface area (Å²) in [6, 6.07) is 0. The Labute approximate surface area is 75.5 Å². The molecule has 0 aromatic carbocycles. The molecule has 0 unspecified atom stereocenters. The van der Waals surface area contributed by atoms with Gasteiger partial charge in [-0.15, -0.1) is 0 Å². The highest BCUT2D eigenvalue weighted by Crippen LogP contribution is 2.19. The third-order valence-corrected chi connectivity index (χ3v) is 2.54. The number of allylic oxidation sites excluding steroid dienone is 2. The first-order chi connectivity index (χ1) is 5.93. The van der Waals surface area contributed by atoms with Crippen LogP contribution in [-0.4, -0.2) is 11.7 Å². The molecule has 0 radical (unpaired) electrons. The SMILES string of the molecule is OCCC/C1=C/CCCCCC1. The van der Waals surface area contributed by atoms with E-state index < -0.39 is 0 Å². The Morgan fingerprint density at radius 2 is 2.00 bits per heavy atom. The zero-order chi connectivity index (χ0) is 8.65. The quantitative estimate of drug-likeness (QED) is 0.642. The van der Waals surface area contributed by atoms with Crippen LogP contribution in [0.4, 0.5) is 0 Å². The number of hydrogen-bond acceptors (Lipinski definition) is 1. The van der Waals surface area contributed by atoms with Crippen molar-refractivity contribution in [3.63, 3.8) is 0 Å². The first kappa shape index (κ1) is 9.79. The molecular weight excluding hydrogens is 148 g/mol. The largest absolute Gasteiger partial charge is 0.396 e.